The second-order valence-electron chi connectivity index (χ2n) is 4.44. The van der Waals surface area contributed by atoms with Crippen LogP contribution in [0.2, 0.25) is 0 Å². The van der Waals surface area contributed by atoms with Crippen molar-refractivity contribution in [3.8, 4) is 0 Å². The normalized spacial score (nSPS) is 12.2. The van der Waals surface area contributed by atoms with Crippen LogP contribution < -0.4 is 0 Å². The Labute approximate surface area is 116 Å². The SMILES string of the molecule is CCS(=O)(=O)CCn1c(=S)[nH]c2cc(F)c(C)cc21. The molecule has 7 heteroatoms. The highest BCUT2D eigenvalue weighted by molar-refractivity contribution is 7.91. The molecular formula is C12H15FN2O2S2. The maximum Gasteiger partial charge on any atom is 0.178 e. The van der Waals surface area contributed by atoms with Gasteiger partial charge in [0.05, 0.1) is 16.8 Å². The second-order valence-corrected chi connectivity index (χ2v) is 7.30. The number of hydrogen-bond donors (Lipinski definition) is 1. The van der Waals surface area contributed by atoms with Gasteiger partial charge in [0.2, 0.25) is 0 Å². The van der Waals surface area contributed by atoms with Gasteiger partial charge in [-0.3, -0.25) is 0 Å². The number of imidazole rings is 1. The molecule has 0 amide bonds. The third-order valence-corrected chi connectivity index (χ3v) is 5.13. The Hall–Kier alpha value is -1.21. The summed E-state index contributed by atoms with van der Waals surface area (Å²) in [7, 11) is -3.05. The van der Waals surface area contributed by atoms with Gasteiger partial charge >= 0.3 is 0 Å². The van der Waals surface area contributed by atoms with E-state index in [1.165, 1.54) is 6.07 Å². The molecule has 0 saturated carbocycles. The summed E-state index contributed by atoms with van der Waals surface area (Å²) in [6, 6.07) is 3.06. The van der Waals surface area contributed by atoms with E-state index in [4.69, 9.17) is 12.2 Å². The molecule has 1 heterocycles. The number of nitrogens with zero attached hydrogens (tertiary/aromatic N) is 1. The molecule has 0 atom stereocenters. The van der Waals surface area contributed by atoms with Gasteiger partial charge in [0.15, 0.2) is 14.6 Å². The highest BCUT2D eigenvalue weighted by Crippen LogP contribution is 2.19. The van der Waals surface area contributed by atoms with Gasteiger partial charge in [-0.1, -0.05) is 6.92 Å². The Bertz CT molecular complexity index is 775. The van der Waals surface area contributed by atoms with E-state index >= 15 is 0 Å². The van der Waals surface area contributed by atoms with E-state index in [1.807, 2.05) is 0 Å². The van der Waals surface area contributed by atoms with Crippen LogP contribution in [0.25, 0.3) is 11.0 Å². The lowest BCUT2D eigenvalue weighted by molar-refractivity contribution is 0.590. The van der Waals surface area contributed by atoms with E-state index < -0.39 is 9.84 Å². The molecule has 0 aliphatic carbocycles. The quantitative estimate of drug-likeness (QED) is 0.883. The Morgan fingerprint density at radius 1 is 1.42 bits per heavy atom. The molecule has 0 fully saturated rings. The van der Waals surface area contributed by atoms with Crippen LogP contribution in [0.5, 0.6) is 0 Å². The zero-order valence-corrected chi connectivity index (χ0v) is 12.4. The number of hydrogen-bond acceptors (Lipinski definition) is 3. The largest absolute Gasteiger partial charge is 0.330 e. The molecule has 104 valence electrons. The van der Waals surface area contributed by atoms with Gasteiger partial charge in [0, 0.05) is 12.3 Å². The maximum atomic E-state index is 13.5. The van der Waals surface area contributed by atoms with Crippen molar-refractivity contribution in [1.82, 2.24) is 9.55 Å². The standard InChI is InChI=1S/C12H15FN2O2S2/c1-3-19(16,17)5-4-15-11-6-8(2)9(13)7-10(11)14-12(15)18/h6-7H,3-5H2,1-2H3,(H,14,18). The molecule has 0 bridgehead atoms. The molecule has 0 aliphatic heterocycles. The zero-order valence-electron chi connectivity index (χ0n) is 10.7. The van der Waals surface area contributed by atoms with Crippen LogP contribution in [0, 0.1) is 17.5 Å². The number of aryl methyl sites for hydroxylation is 2. The number of fused-ring (bicyclic) bond motifs is 1. The first-order chi connectivity index (χ1) is 8.84. The third-order valence-electron chi connectivity index (χ3n) is 3.12. The number of nitrogens with one attached hydrogen (secondary N) is 1. The lowest BCUT2D eigenvalue weighted by atomic mass is 10.2. The second kappa shape index (κ2) is 5.05. The molecule has 2 rings (SSSR count). The molecule has 0 unspecified atom stereocenters. The predicted molar refractivity (Wildman–Crippen MR) is 76.1 cm³/mol. The first-order valence-corrected chi connectivity index (χ1v) is 8.16. The number of aromatic nitrogens is 2. The van der Waals surface area contributed by atoms with Crippen LogP contribution in [0.15, 0.2) is 12.1 Å². The van der Waals surface area contributed by atoms with E-state index in [9.17, 15) is 12.8 Å². The van der Waals surface area contributed by atoms with Crippen LogP contribution in [0.3, 0.4) is 0 Å². The summed E-state index contributed by atoms with van der Waals surface area (Å²) >= 11 is 5.15. The zero-order chi connectivity index (χ0) is 14.2. The van der Waals surface area contributed by atoms with E-state index in [-0.39, 0.29) is 23.9 Å². The monoisotopic (exact) mass is 302 g/mol. The molecule has 1 aromatic heterocycles. The average molecular weight is 302 g/mol. The van der Waals surface area contributed by atoms with Crippen molar-refractivity contribution < 1.29 is 12.8 Å². The van der Waals surface area contributed by atoms with E-state index in [1.54, 1.807) is 24.5 Å². The van der Waals surface area contributed by atoms with Gasteiger partial charge in [-0.25, -0.2) is 12.8 Å². The number of rotatable bonds is 4. The van der Waals surface area contributed by atoms with E-state index in [0.717, 1.165) is 5.52 Å². The summed E-state index contributed by atoms with van der Waals surface area (Å²) in [4.78, 5) is 2.89. The van der Waals surface area contributed by atoms with Gasteiger partial charge in [-0.05, 0) is 36.8 Å². The van der Waals surface area contributed by atoms with E-state index in [0.29, 0.717) is 15.9 Å². The number of H-pyrrole nitrogens is 1. The topological polar surface area (TPSA) is 54.9 Å². The molecule has 0 spiro atoms. The lowest BCUT2D eigenvalue weighted by Gasteiger charge is -2.05. The minimum absolute atomic E-state index is 0.0290. The molecule has 19 heavy (non-hydrogen) atoms. The molecule has 0 radical (unpaired) electrons. The van der Waals surface area contributed by atoms with Gasteiger partial charge < -0.3 is 9.55 Å². The summed E-state index contributed by atoms with van der Waals surface area (Å²) in [6.07, 6.45) is 0. The summed E-state index contributed by atoms with van der Waals surface area (Å²) in [6.45, 7) is 3.56. The fourth-order valence-electron chi connectivity index (χ4n) is 1.88. The summed E-state index contributed by atoms with van der Waals surface area (Å²) in [5, 5.41) is 0. The third kappa shape index (κ3) is 2.87. The lowest BCUT2D eigenvalue weighted by Crippen LogP contribution is -2.14. The smallest absolute Gasteiger partial charge is 0.178 e. The Balaban J connectivity index is 2.46. The van der Waals surface area contributed by atoms with Crippen LogP contribution in [0.4, 0.5) is 4.39 Å². The van der Waals surface area contributed by atoms with Gasteiger partial charge in [-0.15, -0.1) is 0 Å². The van der Waals surface area contributed by atoms with Crippen LogP contribution in [0.1, 0.15) is 12.5 Å². The van der Waals surface area contributed by atoms with Crippen molar-refractivity contribution in [3.05, 3.63) is 28.3 Å². The molecule has 1 N–H and O–H groups in total. The fraction of sp³-hybridized carbons (Fsp3) is 0.417. The molecule has 1 aromatic carbocycles. The van der Waals surface area contributed by atoms with E-state index in [2.05, 4.69) is 4.98 Å². The number of benzene rings is 1. The van der Waals surface area contributed by atoms with Crippen molar-refractivity contribution in [3.63, 3.8) is 0 Å². The average Bonchev–Trinajstić information content (AvgIpc) is 2.63. The van der Waals surface area contributed by atoms with Crippen LogP contribution in [-0.2, 0) is 16.4 Å². The summed E-state index contributed by atoms with van der Waals surface area (Å²) in [5.74, 6) is -0.172. The minimum Gasteiger partial charge on any atom is -0.330 e. The fourth-order valence-corrected chi connectivity index (χ4v) is 2.93. The highest BCUT2D eigenvalue weighted by atomic mass is 32.2. The minimum atomic E-state index is -3.05. The first kappa shape index (κ1) is 14.2. The molecule has 0 aliphatic rings. The Morgan fingerprint density at radius 3 is 2.74 bits per heavy atom. The molecule has 4 nitrogen and oxygen atoms in total. The predicted octanol–water partition coefficient (Wildman–Crippen LogP) is 2.58. The maximum absolute atomic E-state index is 13.5. The van der Waals surface area contributed by atoms with Crippen LogP contribution >= 0.6 is 12.2 Å². The molecule has 0 saturated heterocycles. The molecular weight excluding hydrogens is 287 g/mol. The first-order valence-electron chi connectivity index (χ1n) is 5.93. The Morgan fingerprint density at radius 2 is 2.11 bits per heavy atom. The highest BCUT2D eigenvalue weighted by Gasteiger charge is 2.12. The van der Waals surface area contributed by atoms with Crippen molar-refractivity contribution in [2.24, 2.45) is 0 Å². The van der Waals surface area contributed by atoms with Gasteiger partial charge in [-0.2, -0.15) is 0 Å². The Kier molecular flexibility index (Phi) is 3.78. The number of halogens is 1. The van der Waals surface area contributed by atoms with Crippen LogP contribution in [-0.4, -0.2) is 29.5 Å². The number of aromatic amines is 1. The summed E-state index contributed by atoms with van der Waals surface area (Å²) in [5.41, 5.74) is 1.82. The van der Waals surface area contributed by atoms with Crippen molar-refractivity contribution in [2.45, 2.75) is 20.4 Å². The van der Waals surface area contributed by atoms with Crippen molar-refractivity contribution in [1.29, 1.82) is 0 Å². The molecule has 2 aromatic rings. The van der Waals surface area contributed by atoms with Crippen molar-refractivity contribution >= 4 is 33.1 Å². The van der Waals surface area contributed by atoms with Crippen molar-refractivity contribution in [2.75, 3.05) is 11.5 Å². The summed E-state index contributed by atoms with van der Waals surface area (Å²) < 4.78 is 38.7. The van der Waals surface area contributed by atoms with Gasteiger partial charge in [0.25, 0.3) is 0 Å². The number of sulfone groups is 1. The van der Waals surface area contributed by atoms with Gasteiger partial charge in [0.1, 0.15) is 5.82 Å².